The van der Waals surface area contributed by atoms with E-state index in [-0.39, 0.29) is 10.8 Å². The van der Waals surface area contributed by atoms with E-state index in [1.165, 1.54) is 6.20 Å². The van der Waals surface area contributed by atoms with Crippen molar-refractivity contribution >= 4 is 28.8 Å². The molecule has 16 heavy (non-hydrogen) atoms. The molecule has 0 aliphatic heterocycles. The summed E-state index contributed by atoms with van der Waals surface area (Å²) in [5.74, 6) is 0.208. The molecule has 6 heteroatoms. The zero-order chi connectivity index (χ0) is 11.5. The van der Waals surface area contributed by atoms with Gasteiger partial charge in [0.2, 0.25) is 0 Å². The van der Waals surface area contributed by atoms with Gasteiger partial charge in [-0.3, -0.25) is 0 Å². The van der Waals surface area contributed by atoms with Crippen LogP contribution >= 0.6 is 11.6 Å². The van der Waals surface area contributed by atoms with Gasteiger partial charge in [0.25, 0.3) is 0 Å². The van der Waals surface area contributed by atoms with E-state index in [0.29, 0.717) is 11.4 Å². The van der Waals surface area contributed by atoms with E-state index >= 15 is 0 Å². The first-order valence-electron chi connectivity index (χ1n) is 4.46. The van der Waals surface area contributed by atoms with Gasteiger partial charge in [-0.25, -0.2) is 4.98 Å². The van der Waals surface area contributed by atoms with Gasteiger partial charge < -0.3 is 11.1 Å². The van der Waals surface area contributed by atoms with Gasteiger partial charge in [0.05, 0.1) is 6.20 Å². The molecule has 3 N–H and O–H groups in total. The van der Waals surface area contributed by atoms with Crippen LogP contribution in [0, 0.1) is 6.08 Å². The molecular weight excluding hydrogens is 231 g/mol. The zero-order valence-electron chi connectivity index (χ0n) is 8.11. The topological polar surface area (TPSA) is 63.8 Å². The second kappa shape index (κ2) is 4.32. The Hall–Kier alpha value is -1.88. The first kappa shape index (κ1) is 10.6. The summed E-state index contributed by atoms with van der Waals surface area (Å²) in [6, 6.07) is 6.97. The minimum absolute atomic E-state index is 0.208. The van der Waals surface area contributed by atoms with E-state index in [9.17, 15) is 4.39 Å². The third-order valence-electron chi connectivity index (χ3n) is 1.86. The van der Waals surface area contributed by atoms with Crippen LogP contribution in [0.25, 0.3) is 0 Å². The molecule has 0 fully saturated rings. The van der Waals surface area contributed by atoms with Crippen LogP contribution in [0.1, 0.15) is 0 Å². The average molecular weight is 239 g/mol. The van der Waals surface area contributed by atoms with Gasteiger partial charge in [-0.15, -0.1) is 0 Å². The molecule has 0 aliphatic rings. The SMILES string of the molecule is Nc1cccc(Nc2nc(F)ncc2Cl)c1. The minimum atomic E-state index is -0.837. The van der Waals surface area contributed by atoms with Crippen LogP contribution < -0.4 is 11.1 Å². The number of aromatic nitrogens is 2. The lowest BCUT2D eigenvalue weighted by molar-refractivity contribution is 0.540. The first-order chi connectivity index (χ1) is 7.65. The van der Waals surface area contributed by atoms with E-state index in [2.05, 4.69) is 15.3 Å². The molecule has 4 nitrogen and oxygen atoms in total. The molecule has 0 saturated heterocycles. The fourth-order valence-corrected chi connectivity index (χ4v) is 1.32. The number of benzene rings is 1. The van der Waals surface area contributed by atoms with Crippen molar-refractivity contribution in [3.8, 4) is 0 Å². The number of rotatable bonds is 2. The molecular formula is C10H8ClFN4. The van der Waals surface area contributed by atoms with E-state index < -0.39 is 6.08 Å². The molecule has 82 valence electrons. The Labute approximate surface area is 96.3 Å². The Bertz CT molecular complexity index is 518. The second-order valence-corrected chi connectivity index (χ2v) is 3.49. The largest absolute Gasteiger partial charge is 0.399 e. The van der Waals surface area contributed by atoms with Crippen LogP contribution in [0.15, 0.2) is 30.5 Å². The molecule has 0 amide bonds. The Balaban J connectivity index is 2.30. The fourth-order valence-electron chi connectivity index (χ4n) is 1.19. The lowest BCUT2D eigenvalue weighted by Gasteiger charge is -2.07. The predicted molar refractivity (Wildman–Crippen MR) is 61.1 cm³/mol. The van der Waals surface area contributed by atoms with Crippen LogP contribution in [0.2, 0.25) is 5.02 Å². The summed E-state index contributed by atoms with van der Waals surface area (Å²) in [5.41, 5.74) is 6.87. The number of anilines is 3. The molecule has 1 heterocycles. The summed E-state index contributed by atoms with van der Waals surface area (Å²) < 4.78 is 12.8. The zero-order valence-corrected chi connectivity index (χ0v) is 8.87. The number of hydrogen-bond acceptors (Lipinski definition) is 4. The lowest BCUT2D eigenvalue weighted by Crippen LogP contribution is -1.98. The third-order valence-corrected chi connectivity index (χ3v) is 2.14. The van der Waals surface area contributed by atoms with E-state index in [1.54, 1.807) is 24.3 Å². The van der Waals surface area contributed by atoms with E-state index in [0.717, 1.165) is 0 Å². The predicted octanol–water partition coefficient (Wildman–Crippen LogP) is 2.59. The summed E-state index contributed by atoms with van der Waals surface area (Å²) >= 11 is 5.80. The normalized spacial score (nSPS) is 10.1. The highest BCUT2D eigenvalue weighted by atomic mass is 35.5. The number of halogens is 2. The summed E-state index contributed by atoms with van der Waals surface area (Å²) in [4.78, 5) is 6.86. The Morgan fingerprint density at radius 2 is 2.19 bits per heavy atom. The van der Waals surface area contributed by atoms with Crippen molar-refractivity contribution in [3.63, 3.8) is 0 Å². The molecule has 0 bridgehead atoms. The smallest absolute Gasteiger partial charge is 0.310 e. The minimum Gasteiger partial charge on any atom is -0.399 e. The lowest BCUT2D eigenvalue weighted by atomic mass is 10.3. The molecule has 0 aliphatic carbocycles. The van der Waals surface area contributed by atoms with Crippen LogP contribution in [-0.2, 0) is 0 Å². The second-order valence-electron chi connectivity index (χ2n) is 3.09. The standard InChI is InChI=1S/C10H8ClFN4/c11-8-5-14-10(12)16-9(8)15-7-3-1-2-6(13)4-7/h1-5H,13H2,(H,14,15,16). The number of hydrogen-bond donors (Lipinski definition) is 2. The van der Waals surface area contributed by atoms with Gasteiger partial charge >= 0.3 is 6.08 Å². The molecule has 0 saturated carbocycles. The van der Waals surface area contributed by atoms with E-state index in [1.807, 2.05) is 0 Å². The third kappa shape index (κ3) is 2.38. The number of nitrogens with one attached hydrogen (secondary N) is 1. The molecule has 0 spiro atoms. The van der Waals surface area contributed by atoms with E-state index in [4.69, 9.17) is 17.3 Å². The molecule has 1 aromatic carbocycles. The van der Waals surface area contributed by atoms with Crippen molar-refractivity contribution in [2.45, 2.75) is 0 Å². The van der Waals surface area contributed by atoms with Crippen LogP contribution in [0.5, 0.6) is 0 Å². The van der Waals surface area contributed by atoms with Crippen molar-refractivity contribution in [1.82, 2.24) is 9.97 Å². The summed E-state index contributed by atoms with van der Waals surface area (Å²) in [6.07, 6.45) is 0.356. The maximum atomic E-state index is 12.8. The van der Waals surface area contributed by atoms with Crippen LogP contribution in [-0.4, -0.2) is 9.97 Å². The highest BCUT2D eigenvalue weighted by Gasteiger charge is 2.05. The average Bonchev–Trinajstić information content (AvgIpc) is 2.24. The van der Waals surface area contributed by atoms with Gasteiger partial charge in [0, 0.05) is 11.4 Å². The van der Waals surface area contributed by atoms with Crippen molar-refractivity contribution in [3.05, 3.63) is 41.6 Å². The number of nitrogen functional groups attached to an aromatic ring is 1. The maximum Gasteiger partial charge on any atom is 0.310 e. The number of nitrogens with zero attached hydrogens (tertiary/aromatic N) is 2. The molecule has 2 aromatic rings. The van der Waals surface area contributed by atoms with Crippen molar-refractivity contribution in [2.75, 3.05) is 11.1 Å². The Kier molecular flexibility index (Phi) is 2.87. The van der Waals surface area contributed by atoms with Gasteiger partial charge in [0.15, 0.2) is 5.82 Å². The Morgan fingerprint density at radius 3 is 2.94 bits per heavy atom. The van der Waals surface area contributed by atoms with Gasteiger partial charge in [-0.2, -0.15) is 9.37 Å². The van der Waals surface area contributed by atoms with Gasteiger partial charge in [-0.1, -0.05) is 17.7 Å². The Morgan fingerprint density at radius 1 is 1.38 bits per heavy atom. The molecule has 2 rings (SSSR count). The molecule has 0 radical (unpaired) electrons. The quantitative estimate of drug-likeness (QED) is 0.624. The first-order valence-corrected chi connectivity index (χ1v) is 4.83. The molecule has 0 unspecified atom stereocenters. The van der Waals surface area contributed by atoms with Crippen molar-refractivity contribution in [2.24, 2.45) is 0 Å². The summed E-state index contributed by atoms with van der Waals surface area (Å²) in [7, 11) is 0. The highest BCUT2D eigenvalue weighted by molar-refractivity contribution is 6.32. The summed E-state index contributed by atoms with van der Waals surface area (Å²) in [5, 5.41) is 3.09. The maximum absolute atomic E-state index is 12.8. The summed E-state index contributed by atoms with van der Waals surface area (Å²) in [6.45, 7) is 0. The van der Waals surface area contributed by atoms with Crippen LogP contribution in [0.3, 0.4) is 0 Å². The highest BCUT2D eigenvalue weighted by Crippen LogP contribution is 2.23. The van der Waals surface area contributed by atoms with Gasteiger partial charge in [0.1, 0.15) is 5.02 Å². The van der Waals surface area contributed by atoms with Crippen molar-refractivity contribution in [1.29, 1.82) is 0 Å². The van der Waals surface area contributed by atoms with Crippen molar-refractivity contribution < 1.29 is 4.39 Å². The monoisotopic (exact) mass is 238 g/mol. The molecule has 1 aromatic heterocycles. The fraction of sp³-hybridized carbons (Fsp3) is 0. The molecule has 0 atom stereocenters. The number of nitrogens with two attached hydrogens (primary N) is 1. The van der Waals surface area contributed by atoms with Gasteiger partial charge in [-0.05, 0) is 18.2 Å². The van der Waals surface area contributed by atoms with Crippen LogP contribution in [0.4, 0.5) is 21.6 Å².